The van der Waals surface area contributed by atoms with Gasteiger partial charge in [-0.1, -0.05) is 11.6 Å². The van der Waals surface area contributed by atoms with Gasteiger partial charge in [-0.25, -0.2) is 19.3 Å². The highest BCUT2D eigenvalue weighted by atomic mass is 35.5. The molecule has 9 heteroatoms. The summed E-state index contributed by atoms with van der Waals surface area (Å²) in [5.74, 6) is 2.09. The van der Waals surface area contributed by atoms with Crippen LogP contribution >= 0.6 is 11.6 Å². The molecule has 0 amide bonds. The number of anilines is 2. The lowest BCUT2D eigenvalue weighted by Gasteiger charge is -2.13. The van der Waals surface area contributed by atoms with Crippen molar-refractivity contribution in [3.63, 3.8) is 0 Å². The number of hydrogen-bond donors (Lipinski definition) is 2. The number of hydrogen-bond acceptors (Lipinski definition) is 6. The molecule has 0 saturated carbocycles. The van der Waals surface area contributed by atoms with Crippen molar-refractivity contribution < 1.29 is 13.9 Å². The number of H-pyrrole nitrogens is 1. The Morgan fingerprint density at radius 1 is 0.941 bits per heavy atom. The van der Waals surface area contributed by atoms with Crippen molar-refractivity contribution in [3.05, 3.63) is 78.0 Å². The number of benzene rings is 3. The SMILES string of the molecule is COc1cc(OC)c2ncnc(Nc3ccc(Cl)c(-c4ncc(-c5ccc(F)cc5)[nH]4)c3)c2c1. The minimum Gasteiger partial charge on any atom is -0.497 e. The fourth-order valence-corrected chi connectivity index (χ4v) is 3.85. The largest absolute Gasteiger partial charge is 0.497 e. The van der Waals surface area contributed by atoms with Gasteiger partial charge >= 0.3 is 0 Å². The molecule has 3 aromatic carbocycles. The molecule has 2 N–H and O–H groups in total. The summed E-state index contributed by atoms with van der Waals surface area (Å²) in [5, 5.41) is 4.60. The molecule has 5 aromatic rings. The predicted octanol–water partition coefficient (Wildman–Crippen LogP) is 6.24. The number of halogens is 2. The Hall–Kier alpha value is -4.17. The quantitative estimate of drug-likeness (QED) is 0.302. The molecule has 5 rings (SSSR count). The van der Waals surface area contributed by atoms with Crippen molar-refractivity contribution in [1.29, 1.82) is 0 Å². The van der Waals surface area contributed by atoms with Gasteiger partial charge in [-0.15, -0.1) is 0 Å². The molecule has 170 valence electrons. The van der Waals surface area contributed by atoms with Crippen LogP contribution in [0.5, 0.6) is 11.5 Å². The van der Waals surface area contributed by atoms with Crippen molar-refractivity contribution >= 4 is 34.0 Å². The molecule has 0 unspecified atom stereocenters. The van der Waals surface area contributed by atoms with Crippen LogP contribution in [0.2, 0.25) is 5.02 Å². The Balaban J connectivity index is 1.51. The molecular weight excluding hydrogens is 457 g/mol. The van der Waals surface area contributed by atoms with Crippen LogP contribution in [0.3, 0.4) is 0 Å². The van der Waals surface area contributed by atoms with E-state index in [-0.39, 0.29) is 5.82 Å². The highest BCUT2D eigenvalue weighted by molar-refractivity contribution is 6.33. The number of rotatable bonds is 6. The van der Waals surface area contributed by atoms with Crippen LogP contribution in [0.15, 0.2) is 67.1 Å². The summed E-state index contributed by atoms with van der Waals surface area (Å²) in [6, 6.07) is 15.3. The normalized spacial score (nSPS) is 10.9. The Kier molecular flexibility index (Phi) is 5.73. The third kappa shape index (κ3) is 4.11. The van der Waals surface area contributed by atoms with Gasteiger partial charge in [-0.2, -0.15) is 0 Å². The number of aromatic amines is 1. The lowest BCUT2D eigenvalue weighted by Crippen LogP contribution is -1.99. The Morgan fingerprint density at radius 3 is 2.53 bits per heavy atom. The van der Waals surface area contributed by atoms with E-state index in [2.05, 4.69) is 25.3 Å². The molecule has 2 heterocycles. The number of nitrogens with zero attached hydrogens (tertiary/aromatic N) is 3. The molecule has 7 nitrogen and oxygen atoms in total. The van der Waals surface area contributed by atoms with Crippen LogP contribution in [0, 0.1) is 5.82 Å². The first-order valence-electron chi connectivity index (χ1n) is 10.3. The maximum absolute atomic E-state index is 13.3. The van der Waals surface area contributed by atoms with E-state index >= 15 is 0 Å². The van der Waals surface area contributed by atoms with Crippen molar-refractivity contribution in [2.45, 2.75) is 0 Å². The lowest BCUT2D eigenvalue weighted by atomic mass is 10.1. The van der Waals surface area contributed by atoms with Gasteiger partial charge in [0.1, 0.15) is 40.8 Å². The molecule has 0 saturated heterocycles. The topological polar surface area (TPSA) is 84.9 Å². The van der Waals surface area contributed by atoms with Gasteiger partial charge in [0, 0.05) is 17.3 Å². The second kappa shape index (κ2) is 8.99. The molecule has 0 bridgehead atoms. The Morgan fingerprint density at radius 2 is 1.76 bits per heavy atom. The fourth-order valence-electron chi connectivity index (χ4n) is 3.64. The number of nitrogens with one attached hydrogen (secondary N) is 2. The van der Waals surface area contributed by atoms with Gasteiger partial charge < -0.3 is 19.8 Å². The van der Waals surface area contributed by atoms with E-state index in [1.54, 1.807) is 44.7 Å². The maximum Gasteiger partial charge on any atom is 0.148 e. The van der Waals surface area contributed by atoms with Crippen molar-refractivity contribution in [2.75, 3.05) is 19.5 Å². The monoisotopic (exact) mass is 475 g/mol. The fraction of sp³-hybridized carbons (Fsp3) is 0.0800. The molecule has 0 aliphatic carbocycles. The van der Waals surface area contributed by atoms with Gasteiger partial charge in [0.15, 0.2) is 0 Å². The second-order valence-corrected chi connectivity index (χ2v) is 7.83. The van der Waals surface area contributed by atoms with Gasteiger partial charge in [-0.05, 0) is 54.1 Å². The minimum absolute atomic E-state index is 0.294. The van der Waals surface area contributed by atoms with E-state index in [9.17, 15) is 4.39 Å². The predicted molar refractivity (Wildman–Crippen MR) is 130 cm³/mol. The number of fused-ring (bicyclic) bond motifs is 1. The summed E-state index contributed by atoms with van der Waals surface area (Å²) in [7, 11) is 3.17. The van der Waals surface area contributed by atoms with Crippen molar-refractivity contribution in [3.8, 4) is 34.1 Å². The van der Waals surface area contributed by atoms with Gasteiger partial charge in [-0.3, -0.25) is 0 Å². The molecule has 34 heavy (non-hydrogen) atoms. The third-order valence-corrected chi connectivity index (χ3v) is 5.68. The third-order valence-electron chi connectivity index (χ3n) is 5.35. The molecule has 0 fully saturated rings. The minimum atomic E-state index is -0.294. The van der Waals surface area contributed by atoms with E-state index in [0.29, 0.717) is 39.2 Å². The summed E-state index contributed by atoms with van der Waals surface area (Å²) < 4.78 is 24.1. The highest BCUT2D eigenvalue weighted by Gasteiger charge is 2.14. The van der Waals surface area contributed by atoms with Crippen LogP contribution in [0.4, 0.5) is 15.9 Å². The molecule has 2 aromatic heterocycles. The second-order valence-electron chi connectivity index (χ2n) is 7.42. The summed E-state index contributed by atoms with van der Waals surface area (Å²) in [5.41, 5.74) is 3.69. The van der Waals surface area contributed by atoms with E-state index in [0.717, 1.165) is 22.3 Å². The standard InChI is InChI=1S/C25H19ClFN5O2/c1-33-17-10-19-23(22(11-17)34-2)29-13-30-25(19)31-16-7-8-20(26)18(9-16)24-28-12-21(32-24)14-3-5-15(27)6-4-14/h3-13H,1-2H3,(H,28,32)(H,29,30,31). The van der Waals surface area contributed by atoms with Crippen molar-refractivity contribution in [1.82, 2.24) is 19.9 Å². The molecule has 0 spiro atoms. The van der Waals surface area contributed by atoms with Crippen molar-refractivity contribution in [2.24, 2.45) is 0 Å². The zero-order valence-corrected chi connectivity index (χ0v) is 19.0. The Labute approximate surface area is 199 Å². The van der Waals surface area contributed by atoms with E-state index < -0.39 is 0 Å². The van der Waals surface area contributed by atoms with Gasteiger partial charge in [0.2, 0.25) is 0 Å². The lowest BCUT2D eigenvalue weighted by molar-refractivity contribution is 0.397. The first kappa shape index (κ1) is 21.7. The average molecular weight is 476 g/mol. The summed E-state index contributed by atoms with van der Waals surface area (Å²) in [6.07, 6.45) is 3.16. The summed E-state index contributed by atoms with van der Waals surface area (Å²) >= 11 is 6.49. The molecule has 0 radical (unpaired) electrons. The van der Waals surface area contributed by atoms with Gasteiger partial charge in [0.25, 0.3) is 0 Å². The van der Waals surface area contributed by atoms with E-state index in [4.69, 9.17) is 21.1 Å². The molecule has 0 aliphatic rings. The first-order chi connectivity index (χ1) is 16.6. The highest BCUT2D eigenvalue weighted by Crippen LogP contribution is 2.35. The van der Waals surface area contributed by atoms with E-state index in [1.165, 1.54) is 18.5 Å². The summed E-state index contributed by atoms with van der Waals surface area (Å²) in [4.78, 5) is 16.5. The van der Waals surface area contributed by atoms with Crippen LogP contribution in [-0.4, -0.2) is 34.2 Å². The number of imidazole rings is 1. The maximum atomic E-state index is 13.3. The molecular formula is C25H19ClFN5O2. The van der Waals surface area contributed by atoms with E-state index in [1.807, 2.05) is 18.2 Å². The van der Waals surface area contributed by atoms with Crippen LogP contribution in [0.25, 0.3) is 33.5 Å². The van der Waals surface area contributed by atoms with Gasteiger partial charge in [0.05, 0.1) is 36.5 Å². The average Bonchev–Trinajstić information content (AvgIpc) is 3.35. The first-order valence-corrected chi connectivity index (χ1v) is 10.7. The smallest absolute Gasteiger partial charge is 0.148 e. The Bertz CT molecular complexity index is 1490. The zero-order chi connectivity index (χ0) is 23.7. The molecule has 0 aliphatic heterocycles. The van der Waals surface area contributed by atoms with Crippen LogP contribution in [0.1, 0.15) is 0 Å². The zero-order valence-electron chi connectivity index (χ0n) is 18.3. The number of ether oxygens (including phenoxy) is 2. The summed E-state index contributed by atoms with van der Waals surface area (Å²) in [6.45, 7) is 0. The molecule has 0 atom stereocenters. The van der Waals surface area contributed by atoms with Crippen LogP contribution in [-0.2, 0) is 0 Å². The number of aromatic nitrogens is 4. The number of methoxy groups -OCH3 is 2. The van der Waals surface area contributed by atoms with Crippen LogP contribution < -0.4 is 14.8 Å².